The van der Waals surface area contributed by atoms with Gasteiger partial charge in [0.1, 0.15) is 11.6 Å². The average Bonchev–Trinajstić information content (AvgIpc) is 3.25. The number of ether oxygens (including phenoxy) is 1. The molecule has 0 spiro atoms. The van der Waals surface area contributed by atoms with Crippen LogP contribution < -0.4 is 10.1 Å². The van der Waals surface area contributed by atoms with Crippen LogP contribution in [0.15, 0.2) is 42.6 Å². The van der Waals surface area contributed by atoms with Crippen LogP contribution in [0.25, 0.3) is 0 Å². The molecule has 2 saturated carbocycles. The van der Waals surface area contributed by atoms with Crippen LogP contribution in [0.4, 0.5) is 4.39 Å². The number of hydrogen-bond donors (Lipinski definition) is 1. The number of halogens is 1. The van der Waals surface area contributed by atoms with E-state index >= 15 is 0 Å². The summed E-state index contributed by atoms with van der Waals surface area (Å²) in [4.78, 5) is 16.4. The second-order valence-corrected chi connectivity index (χ2v) is 7.47. The standard InChI is InChI=1S/C21H23FN2O2/c22-18-3-5-19(6-4-18)26-21-11-15(7-8-23-21)13-24-20(25)12-17-10-14-1-2-16(17)9-14/h3-8,11,14,16-17H,1-2,9-10,12-13H2,(H,24,25). The Kier molecular flexibility index (Phi) is 4.87. The van der Waals surface area contributed by atoms with E-state index in [1.165, 1.54) is 37.8 Å². The highest BCUT2D eigenvalue weighted by Gasteiger charge is 2.39. The lowest BCUT2D eigenvalue weighted by molar-refractivity contribution is -0.122. The summed E-state index contributed by atoms with van der Waals surface area (Å²) < 4.78 is 18.6. The van der Waals surface area contributed by atoms with Crippen LogP contribution in [0.5, 0.6) is 11.6 Å². The fourth-order valence-electron chi connectivity index (χ4n) is 4.38. The van der Waals surface area contributed by atoms with E-state index < -0.39 is 0 Å². The smallest absolute Gasteiger partial charge is 0.220 e. The quantitative estimate of drug-likeness (QED) is 0.833. The lowest BCUT2D eigenvalue weighted by Crippen LogP contribution is -2.26. The van der Waals surface area contributed by atoms with E-state index in [1.54, 1.807) is 24.4 Å². The Hall–Kier alpha value is -2.43. The summed E-state index contributed by atoms with van der Waals surface area (Å²) in [5, 5.41) is 3.01. The van der Waals surface area contributed by atoms with E-state index in [1.807, 2.05) is 6.07 Å². The summed E-state index contributed by atoms with van der Waals surface area (Å²) in [5.74, 6) is 2.97. The van der Waals surface area contributed by atoms with E-state index in [2.05, 4.69) is 10.3 Å². The Balaban J connectivity index is 1.29. The summed E-state index contributed by atoms with van der Waals surface area (Å²) in [6, 6.07) is 9.45. The summed E-state index contributed by atoms with van der Waals surface area (Å²) in [6.07, 6.45) is 7.50. The Morgan fingerprint density at radius 2 is 2.04 bits per heavy atom. The molecule has 2 aromatic rings. The fraction of sp³-hybridized carbons (Fsp3) is 0.429. The fourth-order valence-corrected chi connectivity index (χ4v) is 4.38. The summed E-state index contributed by atoms with van der Waals surface area (Å²) in [6.45, 7) is 0.460. The summed E-state index contributed by atoms with van der Waals surface area (Å²) >= 11 is 0. The number of amides is 1. The van der Waals surface area contributed by atoms with Crippen LogP contribution in [0.1, 0.15) is 37.7 Å². The predicted molar refractivity (Wildman–Crippen MR) is 96.1 cm³/mol. The zero-order valence-corrected chi connectivity index (χ0v) is 14.7. The van der Waals surface area contributed by atoms with Crippen LogP contribution in [-0.4, -0.2) is 10.9 Å². The number of carbonyl (C=O) groups excluding carboxylic acids is 1. The van der Waals surface area contributed by atoms with Crippen molar-refractivity contribution in [2.45, 2.75) is 38.6 Å². The molecule has 3 atom stereocenters. The largest absolute Gasteiger partial charge is 0.439 e. The van der Waals surface area contributed by atoms with Gasteiger partial charge in [-0.1, -0.05) is 6.42 Å². The zero-order valence-electron chi connectivity index (χ0n) is 14.7. The molecule has 136 valence electrons. The number of benzene rings is 1. The van der Waals surface area contributed by atoms with Gasteiger partial charge in [-0.15, -0.1) is 0 Å². The van der Waals surface area contributed by atoms with Gasteiger partial charge in [-0.2, -0.15) is 0 Å². The van der Waals surface area contributed by atoms with Gasteiger partial charge in [0, 0.05) is 25.2 Å². The van der Waals surface area contributed by atoms with Crippen molar-refractivity contribution in [1.29, 1.82) is 0 Å². The molecule has 1 amide bonds. The molecule has 1 aromatic heterocycles. The Morgan fingerprint density at radius 3 is 2.77 bits per heavy atom. The Labute approximate surface area is 152 Å². The molecule has 0 saturated heterocycles. The van der Waals surface area contributed by atoms with E-state index in [9.17, 15) is 9.18 Å². The van der Waals surface area contributed by atoms with Gasteiger partial charge in [0.05, 0.1) is 0 Å². The number of fused-ring (bicyclic) bond motifs is 2. The summed E-state index contributed by atoms with van der Waals surface area (Å²) in [5.41, 5.74) is 0.929. The normalized spacial score (nSPS) is 23.8. The number of carbonyl (C=O) groups is 1. The monoisotopic (exact) mass is 354 g/mol. The highest BCUT2D eigenvalue weighted by atomic mass is 19.1. The van der Waals surface area contributed by atoms with Crippen molar-refractivity contribution in [3.05, 3.63) is 54.0 Å². The van der Waals surface area contributed by atoms with Gasteiger partial charge in [0.25, 0.3) is 0 Å². The van der Waals surface area contributed by atoms with Gasteiger partial charge in [-0.25, -0.2) is 9.37 Å². The highest BCUT2D eigenvalue weighted by Crippen LogP contribution is 2.49. The third-order valence-electron chi connectivity index (χ3n) is 5.66. The molecule has 2 bridgehead atoms. The topological polar surface area (TPSA) is 51.2 Å². The first-order valence-corrected chi connectivity index (χ1v) is 9.31. The molecular formula is C21H23FN2O2. The maximum absolute atomic E-state index is 12.9. The third-order valence-corrected chi connectivity index (χ3v) is 5.66. The zero-order chi connectivity index (χ0) is 17.9. The first-order valence-electron chi connectivity index (χ1n) is 9.31. The van der Waals surface area contributed by atoms with E-state index in [0.29, 0.717) is 30.5 Å². The third kappa shape index (κ3) is 4.03. The van der Waals surface area contributed by atoms with Crippen molar-refractivity contribution < 1.29 is 13.9 Å². The van der Waals surface area contributed by atoms with Crippen LogP contribution in [0, 0.1) is 23.6 Å². The number of hydrogen-bond acceptors (Lipinski definition) is 3. The molecule has 5 heteroatoms. The Bertz CT molecular complexity index is 778. The van der Waals surface area contributed by atoms with Gasteiger partial charge in [-0.3, -0.25) is 4.79 Å². The van der Waals surface area contributed by atoms with Gasteiger partial charge in [0.2, 0.25) is 11.8 Å². The second kappa shape index (κ2) is 7.44. The van der Waals surface area contributed by atoms with Crippen LogP contribution >= 0.6 is 0 Å². The second-order valence-electron chi connectivity index (χ2n) is 7.47. The molecule has 3 unspecified atom stereocenters. The molecule has 4 nitrogen and oxygen atoms in total. The molecule has 4 rings (SSSR count). The molecule has 1 aromatic carbocycles. The van der Waals surface area contributed by atoms with Gasteiger partial charge >= 0.3 is 0 Å². The van der Waals surface area contributed by atoms with Crippen molar-refractivity contribution >= 4 is 5.91 Å². The molecule has 2 fully saturated rings. The van der Waals surface area contributed by atoms with Crippen LogP contribution in [0.3, 0.4) is 0 Å². The van der Waals surface area contributed by atoms with Gasteiger partial charge in [-0.05, 0) is 72.9 Å². The number of nitrogens with one attached hydrogen (secondary N) is 1. The van der Waals surface area contributed by atoms with Crippen molar-refractivity contribution in [2.24, 2.45) is 17.8 Å². The van der Waals surface area contributed by atoms with Crippen molar-refractivity contribution in [1.82, 2.24) is 10.3 Å². The summed E-state index contributed by atoms with van der Waals surface area (Å²) in [7, 11) is 0. The minimum Gasteiger partial charge on any atom is -0.439 e. The molecule has 1 N–H and O–H groups in total. The number of pyridine rings is 1. The molecular weight excluding hydrogens is 331 g/mol. The lowest BCUT2D eigenvalue weighted by atomic mass is 9.86. The minimum absolute atomic E-state index is 0.125. The lowest BCUT2D eigenvalue weighted by Gasteiger charge is -2.20. The number of nitrogens with zero attached hydrogens (tertiary/aromatic N) is 1. The molecule has 1 heterocycles. The molecule has 2 aliphatic carbocycles. The van der Waals surface area contributed by atoms with Crippen molar-refractivity contribution in [3.63, 3.8) is 0 Å². The molecule has 0 radical (unpaired) electrons. The van der Waals surface area contributed by atoms with Gasteiger partial charge < -0.3 is 10.1 Å². The number of rotatable bonds is 6. The van der Waals surface area contributed by atoms with Crippen molar-refractivity contribution in [3.8, 4) is 11.6 Å². The maximum Gasteiger partial charge on any atom is 0.220 e. The van der Waals surface area contributed by atoms with Crippen LogP contribution in [0.2, 0.25) is 0 Å². The SMILES string of the molecule is O=C(CC1CC2CCC1C2)NCc1ccnc(Oc2ccc(F)cc2)c1. The Morgan fingerprint density at radius 1 is 1.19 bits per heavy atom. The van der Waals surface area contributed by atoms with E-state index in [4.69, 9.17) is 4.74 Å². The molecule has 26 heavy (non-hydrogen) atoms. The van der Waals surface area contributed by atoms with E-state index in [-0.39, 0.29) is 11.7 Å². The predicted octanol–water partition coefficient (Wildman–Crippen LogP) is 4.46. The average molecular weight is 354 g/mol. The first-order chi connectivity index (χ1) is 12.7. The van der Waals surface area contributed by atoms with Gasteiger partial charge in [0.15, 0.2) is 0 Å². The highest BCUT2D eigenvalue weighted by molar-refractivity contribution is 5.76. The maximum atomic E-state index is 12.9. The first kappa shape index (κ1) is 17.0. The molecule has 0 aliphatic heterocycles. The molecule has 2 aliphatic rings. The minimum atomic E-state index is -0.308. The number of aromatic nitrogens is 1. The van der Waals surface area contributed by atoms with E-state index in [0.717, 1.165) is 17.4 Å². The van der Waals surface area contributed by atoms with Crippen LogP contribution in [-0.2, 0) is 11.3 Å². The van der Waals surface area contributed by atoms with Crippen molar-refractivity contribution in [2.75, 3.05) is 0 Å².